The fourth-order valence-electron chi connectivity index (χ4n) is 3.91. The summed E-state index contributed by atoms with van der Waals surface area (Å²) in [5.74, 6) is 0.0980. The van der Waals surface area contributed by atoms with Crippen molar-refractivity contribution in [3.63, 3.8) is 0 Å². The third-order valence-corrected chi connectivity index (χ3v) is 6.43. The number of anilines is 1. The van der Waals surface area contributed by atoms with Crippen LogP contribution in [0.3, 0.4) is 0 Å². The van der Waals surface area contributed by atoms with Gasteiger partial charge >= 0.3 is 0 Å². The molecular weight excluding hydrogens is 453 g/mol. The number of halogens is 2. The van der Waals surface area contributed by atoms with Gasteiger partial charge in [-0.05, 0) is 24.8 Å². The van der Waals surface area contributed by atoms with E-state index in [1.165, 1.54) is 11.3 Å². The van der Waals surface area contributed by atoms with Gasteiger partial charge in [-0.25, -0.2) is 24.3 Å². The molecule has 32 heavy (non-hydrogen) atoms. The Labute approximate surface area is 191 Å². The zero-order valence-electron chi connectivity index (χ0n) is 16.9. The van der Waals surface area contributed by atoms with Crippen molar-refractivity contribution in [2.24, 2.45) is 5.92 Å². The number of piperidine rings is 1. The second kappa shape index (κ2) is 8.79. The van der Waals surface area contributed by atoms with E-state index in [1.54, 1.807) is 30.0 Å². The summed E-state index contributed by atoms with van der Waals surface area (Å²) in [5, 5.41) is 6.66. The molecule has 5 rings (SSSR count). The average molecular weight is 472 g/mol. The van der Waals surface area contributed by atoms with Gasteiger partial charge in [0.25, 0.3) is 5.91 Å². The first-order valence-electron chi connectivity index (χ1n) is 10.2. The number of nitrogens with one attached hydrogen (secondary N) is 2. The van der Waals surface area contributed by atoms with Crippen LogP contribution < -0.4 is 5.32 Å². The zero-order valence-corrected chi connectivity index (χ0v) is 18.5. The van der Waals surface area contributed by atoms with Crippen LogP contribution in [0.15, 0.2) is 36.2 Å². The molecule has 1 atom stereocenters. The summed E-state index contributed by atoms with van der Waals surface area (Å²) >= 11 is 7.41. The van der Waals surface area contributed by atoms with E-state index in [0.717, 1.165) is 24.4 Å². The fourth-order valence-corrected chi connectivity index (χ4v) is 4.67. The van der Waals surface area contributed by atoms with Crippen molar-refractivity contribution in [2.75, 3.05) is 25.0 Å². The van der Waals surface area contributed by atoms with Gasteiger partial charge in [0.15, 0.2) is 22.5 Å². The van der Waals surface area contributed by atoms with Crippen LogP contribution in [0.5, 0.6) is 0 Å². The van der Waals surface area contributed by atoms with Gasteiger partial charge in [-0.1, -0.05) is 11.6 Å². The van der Waals surface area contributed by atoms with Crippen molar-refractivity contribution in [1.29, 1.82) is 0 Å². The molecule has 1 fully saturated rings. The van der Waals surface area contributed by atoms with E-state index in [1.807, 2.05) is 4.90 Å². The number of H-pyrrole nitrogens is 1. The monoisotopic (exact) mass is 471 g/mol. The Morgan fingerprint density at radius 3 is 3.09 bits per heavy atom. The zero-order chi connectivity index (χ0) is 22.1. The quantitative estimate of drug-likeness (QED) is 0.451. The average Bonchev–Trinajstić information content (AvgIpc) is 3.48. The summed E-state index contributed by atoms with van der Waals surface area (Å²) in [4.78, 5) is 34.4. The smallest absolute Gasteiger partial charge is 0.282 e. The molecule has 0 saturated carbocycles. The summed E-state index contributed by atoms with van der Waals surface area (Å²) in [7, 11) is 0. The summed E-state index contributed by atoms with van der Waals surface area (Å²) in [6, 6.07) is 1.77. The van der Waals surface area contributed by atoms with Crippen molar-refractivity contribution in [3.8, 4) is 11.4 Å². The van der Waals surface area contributed by atoms with E-state index in [2.05, 4.69) is 30.2 Å². The first-order valence-corrected chi connectivity index (χ1v) is 11.4. The Morgan fingerprint density at radius 1 is 1.34 bits per heavy atom. The molecule has 11 heteroatoms. The van der Waals surface area contributed by atoms with Gasteiger partial charge in [-0.3, -0.25) is 4.79 Å². The lowest BCUT2D eigenvalue weighted by atomic mass is 9.98. The molecule has 0 unspecified atom stereocenters. The molecule has 0 bridgehead atoms. The molecule has 1 aliphatic rings. The third-order valence-electron chi connectivity index (χ3n) is 5.46. The Kier molecular flexibility index (Phi) is 5.71. The number of aromatic nitrogens is 5. The highest BCUT2D eigenvalue weighted by molar-refractivity contribution is 7.11. The molecule has 8 nitrogen and oxygen atoms in total. The molecule has 0 aromatic carbocycles. The molecule has 4 aromatic heterocycles. The van der Waals surface area contributed by atoms with E-state index >= 15 is 0 Å². The summed E-state index contributed by atoms with van der Waals surface area (Å²) in [5.41, 5.74) is 1.34. The van der Waals surface area contributed by atoms with Crippen LogP contribution >= 0.6 is 22.9 Å². The fraction of sp³-hybridized carbons (Fsp3) is 0.286. The number of hydrogen-bond acceptors (Lipinski definition) is 7. The van der Waals surface area contributed by atoms with E-state index in [4.69, 9.17) is 11.6 Å². The van der Waals surface area contributed by atoms with E-state index in [-0.39, 0.29) is 17.6 Å². The predicted molar refractivity (Wildman–Crippen MR) is 121 cm³/mol. The van der Waals surface area contributed by atoms with Gasteiger partial charge in [-0.2, -0.15) is 0 Å². The number of carbonyl (C=O) groups excluding carboxylic acids is 1. The van der Waals surface area contributed by atoms with Crippen LogP contribution in [0, 0.1) is 11.7 Å². The number of nitrogens with zero attached hydrogens (tertiary/aromatic N) is 5. The Hall–Kier alpha value is -3.11. The molecule has 5 heterocycles. The number of rotatable bonds is 5. The summed E-state index contributed by atoms with van der Waals surface area (Å²) in [6.07, 6.45) is 7.91. The van der Waals surface area contributed by atoms with Crippen LogP contribution in [0.2, 0.25) is 5.02 Å². The summed E-state index contributed by atoms with van der Waals surface area (Å²) in [6.45, 7) is 1.80. The van der Waals surface area contributed by atoms with Crippen molar-refractivity contribution in [3.05, 3.63) is 52.1 Å². The van der Waals surface area contributed by atoms with Crippen molar-refractivity contribution in [2.45, 2.75) is 12.8 Å². The number of fused-ring (bicyclic) bond motifs is 1. The first kappa shape index (κ1) is 20.8. The first-order chi connectivity index (χ1) is 15.6. The van der Waals surface area contributed by atoms with Crippen LogP contribution in [0.25, 0.3) is 22.4 Å². The highest BCUT2D eigenvalue weighted by Gasteiger charge is 2.26. The number of carbonyl (C=O) groups is 1. The van der Waals surface area contributed by atoms with Crippen LogP contribution in [-0.4, -0.2) is 55.4 Å². The van der Waals surface area contributed by atoms with Crippen LogP contribution in [0.4, 0.5) is 10.2 Å². The van der Waals surface area contributed by atoms with Crippen molar-refractivity contribution >= 4 is 45.7 Å². The number of thiazole rings is 1. The van der Waals surface area contributed by atoms with Crippen LogP contribution in [0.1, 0.15) is 22.6 Å². The van der Waals surface area contributed by atoms with E-state index < -0.39 is 5.82 Å². The van der Waals surface area contributed by atoms with Crippen molar-refractivity contribution < 1.29 is 9.18 Å². The largest absolute Gasteiger partial charge is 0.367 e. The number of hydrogen-bond donors (Lipinski definition) is 2. The van der Waals surface area contributed by atoms with Gasteiger partial charge in [0, 0.05) is 54.6 Å². The maximum atomic E-state index is 14.4. The highest BCUT2D eigenvalue weighted by atomic mass is 35.5. The molecule has 1 aliphatic heterocycles. The molecule has 4 aromatic rings. The standard InChI is InChI=1S/C21H19ClFN7OS/c22-13-6-14-15(9-27-17(14)26-8-13)18-28-10-16(23)19(29-18)25-7-12-2-1-4-30(11-12)21(31)20-24-3-5-32-20/h3,5-6,8-10,12H,1-2,4,7,11H2,(H,26,27)(H,25,28,29)/t12-/m1/s1. The number of pyridine rings is 1. The van der Waals surface area contributed by atoms with Gasteiger partial charge < -0.3 is 15.2 Å². The predicted octanol–water partition coefficient (Wildman–Crippen LogP) is 4.23. The van der Waals surface area contributed by atoms with Gasteiger partial charge in [0.05, 0.1) is 11.2 Å². The van der Waals surface area contributed by atoms with E-state index in [9.17, 15) is 9.18 Å². The van der Waals surface area contributed by atoms with Gasteiger partial charge in [-0.15, -0.1) is 11.3 Å². The van der Waals surface area contributed by atoms with E-state index in [0.29, 0.717) is 46.7 Å². The molecule has 1 amide bonds. The minimum absolute atomic E-state index is 0.0493. The van der Waals surface area contributed by atoms with Gasteiger partial charge in [0.1, 0.15) is 5.65 Å². The molecule has 2 N–H and O–H groups in total. The lowest BCUT2D eigenvalue weighted by Crippen LogP contribution is -2.41. The second-order valence-corrected chi connectivity index (χ2v) is 8.95. The number of likely N-dealkylation sites (tertiary alicyclic amines) is 1. The Balaban J connectivity index is 1.30. The number of aromatic amines is 1. The number of amides is 1. The lowest BCUT2D eigenvalue weighted by molar-refractivity contribution is 0.0679. The second-order valence-electron chi connectivity index (χ2n) is 7.62. The third kappa shape index (κ3) is 4.15. The Bertz CT molecular complexity index is 1260. The topological polar surface area (TPSA) is 99.7 Å². The maximum absolute atomic E-state index is 14.4. The minimum Gasteiger partial charge on any atom is -0.367 e. The maximum Gasteiger partial charge on any atom is 0.282 e. The Morgan fingerprint density at radius 2 is 2.25 bits per heavy atom. The molecular formula is C21H19ClFN7OS. The lowest BCUT2D eigenvalue weighted by Gasteiger charge is -2.32. The van der Waals surface area contributed by atoms with Crippen molar-refractivity contribution in [1.82, 2.24) is 29.8 Å². The molecule has 1 saturated heterocycles. The molecule has 0 radical (unpaired) electrons. The van der Waals surface area contributed by atoms with Gasteiger partial charge in [0.2, 0.25) is 0 Å². The molecule has 0 spiro atoms. The SMILES string of the molecule is O=C(c1nccs1)N1CCC[C@H](CNc2nc(-c3c[nH]c4ncc(Cl)cc34)ncc2F)C1. The highest BCUT2D eigenvalue weighted by Crippen LogP contribution is 2.28. The molecule has 0 aliphatic carbocycles. The van der Waals surface area contributed by atoms with Crippen LogP contribution in [-0.2, 0) is 0 Å². The summed E-state index contributed by atoms with van der Waals surface area (Å²) < 4.78 is 14.4. The molecule has 164 valence electrons. The minimum atomic E-state index is -0.531. The normalized spacial score (nSPS) is 16.4.